The standard InChI is InChI=1S/C11H18N6OS/c1-4-5-9-12-10(18-14-9)7-19-11-13-15-16-17(11)6-8(2)3/h8H,4-7H2,1-3H3. The molecule has 0 N–H and O–H groups in total. The maximum atomic E-state index is 5.18. The fourth-order valence-electron chi connectivity index (χ4n) is 1.56. The van der Waals surface area contributed by atoms with Crippen LogP contribution in [0.25, 0.3) is 0 Å². The largest absolute Gasteiger partial charge is 0.338 e. The van der Waals surface area contributed by atoms with Gasteiger partial charge in [0.15, 0.2) is 5.82 Å². The highest BCUT2D eigenvalue weighted by molar-refractivity contribution is 7.98. The van der Waals surface area contributed by atoms with Crippen molar-refractivity contribution in [2.24, 2.45) is 5.92 Å². The van der Waals surface area contributed by atoms with Crippen LogP contribution in [0, 0.1) is 5.92 Å². The highest BCUT2D eigenvalue weighted by atomic mass is 32.2. The highest BCUT2D eigenvalue weighted by Gasteiger charge is 2.11. The van der Waals surface area contributed by atoms with Crippen LogP contribution >= 0.6 is 11.8 Å². The first-order chi connectivity index (χ1) is 9.19. The summed E-state index contributed by atoms with van der Waals surface area (Å²) in [6.45, 7) is 7.15. The number of rotatable bonds is 7. The zero-order valence-corrected chi connectivity index (χ0v) is 12.2. The molecule has 0 aliphatic carbocycles. The molecule has 2 rings (SSSR count). The average Bonchev–Trinajstić information content (AvgIpc) is 2.96. The van der Waals surface area contributed by atoms with Crippen molar-refractivity contribution < 1.29 is 4.52 Å². The summed E-state index contributed by atoms with van der Waals surface area (Å²) >= 11 is 1.51. The van der Waals surface area contributed by atoms with Crippen LogP contribution in [0.3, 0.4) is 0 Å². The van der Waals surface area contributed by atoms with Crippen molar-refractivity contribution >= 4 is 11.8 Å². The number of thioether (sulfide) groups is 1. The van der Waals surface area contributed by atoms with E-state index in [1.54, 1.807) is 4.68 Å². The van der Waals surface area contributed by atoms with Gasteiger partial charge >= 0.3 is 0 Å². The van der Waals surface area contributed by atoms with Crippen LogP contribution in [0.1, 0.15) is 38.9 Å². The number of hydrogen-bond donors (Lipinski definition) is 0. The van der Waals surface area contributed by atoms with E-state index < -0.39 is 0 Å². The van der Waals surface area contributed by atoms with Crippen molar-refractivity contribution in [1.29, 1.82) is 0 Å². The van der Waals surface area contributed by atoms with E-state index >= 15 is 0 Å². The molecular formula is C11H18N6OS. The van der Waals surface area contributed by atoms with Crippen molar-refractivity contribution in [1.82, 2.24) is 30.3 Å². The molecule has 0 aromatic carbocycles. The lowest BCUT2D eigenvalue weighted by molar-refractivity contribution is 0.384. The first-order valence-corrected chi connectivity index (χ1v) is 7.38. The summed E-state index contributed by atoms with van der Waals surface area (Å²) in [5.41, 5.74) is 0. The van der Waals surface area contributed by atoms with Crippen LogP contribution in [0.5, 0.6) is 0 Å². The lowest BCUT2D eigenvalue weighted by atomic mass is 10.2. The van der Waals surface area contributed by atoms with Crippen LogP contribution in [0.2, 0.25) is 0 Å². The van der Waals surface area contributed by atoms with Crippen LogP contribution in [-0.2, 0) is 18.7 Å². The molecule has 0 atom stereocenters. The smallest absolute Gasteiger partial charge is 0.237 e. The quantitative estimate of drug-likeness (QED) is 0.718. The molecule has 0 unspecified atom stereocenters. The van der Waals surface area contributed by atoms with Gasteiger partial charge in [0.2, 0.25) is 11.0 Å². The summed E-state index contributed by atoms with van der Waals surface area (Å²) in [7, 11) is 0. The Kier molecular flexibility index (Phi) is 4.89. The molecule has 104 valence electrons. The van der Waals surface area contributed by atoms with E-state index in [2.05, 4.69) is 46.4 Å². The molecule has 0 fully saturated rings. The zero-order chi connectivity index (χ0) is 13.7. The molecule has 0 amide bonds. The summed E-state index contributed by atoms with van der Waals surface area (Å²) in [5, 5.41) is 16.4. The molecule has 7 nitrogen and oxygen atoms in total. The third kappa shape index (κ3) is 4.02. The lowest BCUT2D eigenvalue weighted by Gasteiger charge is -2.05. The van der Waals surface area contributed by atoms with Crippen molar-refractivity contribution in [3.8, 4) is 0 Å². The van der Waals surface area contributed by atoms with Crippen molar-refractivity contribution in [2.45, 2.75) is 51.1 Å². The first-order valence-electron chi connectivity index (χ1n) is 6.39. The van der Waals surface area contributed by atoms with Gasteiger partial charge in [-0.15, -0.1) is 5.10 Å². The minimum Gasteiger partial charge on any atom is -0.338 e. The van der Waals surface area contributed by atoms with Gasteiger partial charge in [0.05, 0.1) is 5.75 Å². The van der Waals surface area contributed by atoms with E-state index in [-0.39, 0.29) is 0 Å². The van der Waals surface area contributed by atoms with Crippen molar-refractivity contribution in [2.75, 3.05) is 0 Å². The van der Waals surface area contributed by atoms with Gasteiger partial charge < -0.3 is 4.52 Å². The molecule has 0 bridgehead atoms. The number of tetrazole rings is 1. The van der Waals surface area contributed by atoms with Crippen LogP contribution in [-0.4, -0.2) is 30.3 Å². The number of hydrogen-bond acceptors (Lipinski definition) is 7. The number of nitrogens with zero attached hydrogens (tertiary/aromatic N) is 6. The van der Waals surface area contributed by atoms with E-state index in [0.717, 1.165) is 30.4 Å². The molecule has 2 aromatic rings. The Bertz CT molecular complexity index is 509. The van der Waals surface area contributed by atoms with Crippen LogP contribution in [0.4, 0.5) is 0 Å². The Morgan fingerprint density at radius 2 is 2.21 bits per heavy atom. The third-order valence-corrected chi connectivity index (χ3v) is 3.29. The predicted molar refractivity (Wildman–Crippen MR) is 70.5 cm³/mol. The Balaban J connectivity index is 1.92. The first kappa shape index (κ1) is 14.0. The Labute approximate surface area is 116 Å². The van der Waals surface area contributed by atoms with Gasteiger partial charge in [-0.2, -0.15) is 4.98 Å². The van der Waals surface area contributed by atoms with E-state index in [9.17, 15) is 0 Å². The minimum absolute atomic E-state index is 0.502. The maximum Gasteiger partial charge on any atom is 0.237 e. The molecule has 0 saturated heterocycles. The predicted octanol–water partition coefficient (Wildman–Crippen LogP) is 1.96. The molecule has 19 heavy (non-hydrogen) atoms. The molecular weight excluding hydrogens is 264 g/mol. The molecule has 0 saturated carbocycles. The molecule has 0 aliphatic rings. The summed E-state index contributed by atoms with van der Waals surface area (Å²) in [6, 6.07) is 0. The minimum atomic E-state index is 0.502. The summed E-state index contributed by atoms with van der Waals surface area (Å²) in [5.74, 6) is 2.48. The Morgan fingerprint density at radius 1 is 1.37 bits per heavy atom. The van der Waals surface area contributed by atoms with Gasteiger partial charge in [0.25, 0.3) is 0 Å². The maximum absolute atomic E-state index is 5.18. The second-order valence-electron chi connectivity index (χ2n) is 4.68. The molecule has 8 heteroatoms. The normalized spacial score (nSPS) is 11.4. The molecule has 0 radical (unpaired) electrons. The zero-order valence-electron chi connectivity index (χ0n) is 11.4. The topological polar surface area (TPSA) is 82.5 Å². The Hall–Kier alpha value is -1.44. The van der Waals surface area contributed by atoms with Gasteiger partial charge in [-0.05, 0) is 22.8 Å². The van der Waals surface area contributed by atoms with Crippen LogP contribution in [0.15, 0.2) is 9.68 Å². The van der Waals surface area contributed by atoms with E-state index in [0.29, 0.717) is 17.6 Å². The molecule has 0 aliphatic heterocycles. The highest BCUT2D eigenvalue weighted by Crippen LogP contribution is 2.19. The van der Waals surface area contributed by atoms with Gasteiger partial charge in [-0.1, -0.05) is 37.7 Å². The van der Waals surface area contributed by atoms with Gasteiger partial charge in [0, 0.05) is 13.0 Å². The summed E-state index contributed by atoms with van der Waals surface area (Å²) in [6.07, 6.45) is 1.86. The lowest BCUT2D eigenvalue weighted by Crippen LogP contribution is -2.07. The van der Waals surface area contributed by atoms with Crippen LogP contribution < -0.4 is 0 Å². The molecule has 2 heterocycles. The molecule has 2 aromatic heterocycles. The fourth-order valence-corrected chi connectivity index (χ4v) is 2.28. The van der Waals surface area contributed by atoms with Gasteiger partial charge in [0.1, 0.15) is 0 Å². The number of aryl methyl sites for hydroxylation is 1. The summed E-state index contributed by atoms with van der Waals surface area (Å²) < 4.78 is 6.98. The van der Waals surface area contributed by atoms with E-state index in [1.807, 2.05) is 0 Å². The number of aromatic nitrogens is 6. The second-order valence-corrected chi connectivity index (χ2v) is 5.62. The molecule has 0 spiro atoms. The monoisotopic (exact) mass is 282 g/mol. The second kappa shape index (κ2) is 6.65. The summed E-state index contributed by atoms with van der Waals surface area (Å²) in [4.78, 5) is 4.31. The third-order valence-electron chi connectivity index (χ3n) is 2.35. The van der Waals surface area contributed by atoms with Crippen molar-refractivity contribution in [3.05, 3.63) is 11.7 Å². The van der Waals surface area contributed by atoms with Gasteiger partial charge in [-0.25, -0.2) is 4.68 Å². The van der Waals surface area contributed by atoms with E-state index in [1.165, 1.54) is 11.8 Å². The van der Waals surface area contributed by atoms with E-state index in [4.69, 9.17) is 4.52 Å². The van der Waals surface area contributed by atoms with Crippen molar-refractivity contribution in [3.63, 3.8) is 0 Å². The fraction of sp³-hybridized carbons (Fsp3) is 0.727. The van der Waals surface area contributed by atoms with Gasteiger partial charge in [-0.3, -0.25) is 0 Å². The SMILES string of the molecule is CCCc1noc(CSc2nnnn2CC(C)C)n1. The Morgan fingerprint density at radius 3 is 2.95 bits per heavy atom. The average molecular weight is 282 g/mol.